The Balaban J connectivity index is 1.81. The zero-order valence-electron chi connectivity index (χ0n) is 22.0. The summed E-state index contributed by atoms with van der Waals surface area (Å²) in [5, 5.41) is 12.3. The van der Waals surface area contributed by atoms with Gasteiger partial charge in [-0.05, 0) is 74.0 Å². The molecular formula is C29H48O4. The van der Waals surface area contributed by atoms with Crippen molar-refractivity contribution in [2.75, 3.05) is 0 Å². The lowest BCUT2D eigenvalue weighted by Gasteiger charge is -2.56. The van der Waals surface area contributed by atoms with E-state index in [1.807, 2.05) is 0 Å². The number of rotatable bonds is 6. The lowest BCUT2D eigenvalue weighted by Crippen LogP contribution is -2.57. The second-order valence-corrected chi connectivity index (χ2v) is 12.2. The van der Waals surface area contributed by atoms with Gasteiger partial charge in [0.25, 0.3) is 0 Å². The smallest absolute Gasteiger partial charge is 0.302 e. The maximum atomic E-state index is 12.8. The summed E-state index contributed by atoms with van der Waals surface area (Å²) in [7, 11) is 0. The van der Waals surface area contributed by atoms with Crippen LogP contribution in [0.3, 0.4) is 0 Å². The first-order valence-corrected chi connectivity index (χ1v) is 13.6. The molecule has 33 heavy (non-hydrogen) atoms. The summed E-state index contributed by atoms with van der Waals surface area (Å²) in [5.41, 5.74) is 0.533. The molecule has 0 aromatic heterocycles. The minimum atomic E-state index is -0.698. The van der Waals surface area contributed by atoms with E-state index in [1.165, 1.54) is 31.8 Å². The molecule has 2 saturated carbocycles. The minimum Gasteiger partial charge on any atom is -0.462 e. The van der Waals surface area contributed by atoms with Crippen molar-refractivity contribution in [2.45, 2.75) is 124 Å². The van der Waals surface area contributed by atoms with Gasteiger partial charge in [0.1, 0.15) is 11.9 Å². The van der Waals surface area contributed by atoms with Crippen LogP contribution in [0.15, 0.2) is 11.6 Å². The summed E-state index contributed by atoms with van der Waals surface area (Å²) in [6, 6.07) is 0. The Morgan fingerprint density at radius 2 is 1.91 bits per heavy atom. The van der Waals surface area contributed by atoms with Crippen molar-refractivity contribution in [1.29, 1.82) is 0 Å². The van der Waals surface area contributed by atoms with Crippen molar-refractivity contribution < 1.29 is 19.4 Å². The summed E-state index contributed by atoms with van der Waals surface area (Å²) in [6.45, 7) is 13.0. The van der Waals surface area contributed by atoms with Gasteiger partial charge in [0.2, 0.25) is 0 Å². The van der Waals surface area contributed by atoms with E-state index in [4.69, 9.17) is 4.74 Å². The van der Waals surface area contributed by atoms with Crippen LogP contribution in [0.2, 0.25) is 0 Å². The van der Waals surface area contributed by atoms with E-state index in [2.05, 4.69) is 40.7 Å². The molecule has 0 radical (unpaired) electrons. The number of ether oxygens (including phenoxy) is 1. The first-order valence-electron chi connectivity index (χ1n) is 13.6. The summed E-state index contributed by atoms with van der Waals surface area (Å²) in [4.78, 5) is 24.3. The summed E-state index contributed by atoms with van der Waals surface area (Å²) < 4.78 is 5.42. The van der Waals surface area contributed by atoms with Gasteiger partial charge >= 0.3 is 5.97 Å². The number of Topliss-reactive ketones (excluding diaryl/α,β-unsaturated/α-hetero) is 1. The number of hydrogen-bond acceptors (Lipinski definition) is 4. The van der Waals surface area contributed by atoms with Gasteiger partial charge in [0.15, 0.2) is 0 Å². The molecule has 0 aliphatic heterocycles. The van der Waals surface area contributed by atoms with Crippen molar-refractivity contribution in [2.24, 2.45) is 35.0 Å². The highest BCUT2D eigenvalue weighted by molar-refractivity contribution is 5.79. The maximum absolute atomic E-state index is 12.8. The van der Waals surface area contributed by atoms with Gasteiger partial charge in [0.05, 0.1) is 5.60 Å². The molecule has 0 amide bonds. The number of esters is 1. The molecule has 3 aliphatic carbocycles. The highest BCUT2D eigenvalue weighted by Crippen LogP contribution is 2.65. The van der Waals surface area contributed by atoms with E-state index < -0.39 is 5.60 Å². The van der Waals surface area contributed by atoms with Crippen molar-refractivity contribution in [3.05, 3.63) is 11.6 Å². The van der Waals surface area contributed by atoms with Crippen LogP contribution in [0.1, 0.15) is 112 Å². The van der Waals surface area contributed by atoms with Crippen LogP contribution < -0.4 is 0 Å². The molecular weight excluding hydrogens is 412 g/mol. The van der Waals surface area contributed by atoms with Crippen molar-refractivity contribution >= 4 is 11.8 Å². The first kappa shape index (κ1) is 26.4. The summed E-state index contributed by atoms with van der Waals surface area (Å²) in [5.74, 6) is 2.20. The quantitative estimate of drug-likeness (QED) is 0.356. The predicted octanol–water partition coefficient (Wildman–Crippen LogP) is 6.64. The minimum absolute atomic E-state index is 0.0703. The largest absolute Gasteiger partial charge is 0.462 e. The number of fused-ring (bicyclic) bond motifs is 3. The number of hydrogen-bond donors (Lipinski definition) is 1. The highest BCUT2D eigenvalue weighted by atomic mass is 16.5. The molecule has 4 heteroatoms. The Labute approximate surface area is 201 Å². The molecule has 3 rings (SSSR count). The van der Waals surface area contributed by atoms with Crippen LogP contribution in [0, 0.1) is 35.0 Å². The third-order valence-electron chi connectivity index (χ3n) is 9.66. The van der Waals surface area contributed by atoms with Crippen LogP contribution in [0.4, 0.5) is 0 Å². The summed E-state index contributed by atoms with van der Waals surface area (Å²) >= 11 is 0. The molecule has 1 N–H and O–H groups in total. The van der Waals surface area contributed by atoms with Crippen molar-refractivity contribution in [3.8, 4) is 0 Å². The number of carbonyl (C=O) groups excluding carboxylic acids is 2. The molecule has 3 aliphatic rings. The average molecular weight is 461 g/mol. The number of allylic oxidation sites excluding steroid dienone is 1. The van der Waals surface area contributed by atoms with Gasteiger partial charge in [-0.25, -0.2) is 0 Å². The molecule has 0 aromatic rings. The lowest BCUT2D eigenvalue weighted by atomic mass is 9.52. The van der Waals surface area contributed by atoms with E-state index in [9.17, 15) is 14.7 Å². The Morgan fingerprint density at radius 3 is 2.58 bits per heavy atom. The molecule has 0 aromatic carbocycles. The Kier molecular flexibility index (Phi) is 8.51. The molecule has 2 fully saturated rings. The second-order valence-electron chi connectivity index (χ2n) is 12.2. The molecule has 0 bridgehead atoms. The number of carbonyl (C=O) groups is 2. The van der Waals surface area contributed by atoms with E-state index >= 15 is 0 Å². The van der Waals surface area contributed by atoms with Crippen LogP contribution in [-0.2, 0) is 14.3 Å². The van der Waals surface area contributed by atoms with Crippen LogP contribution in [0.5, 0.6) is 0 Å². The van der Waals surface area contributed by atoms with E-state index in [0.29, 0.717) is 30.6 Å². The zero-order chi connectivity index (χ0) is 24.4. The fourth-order valence-electron chi connectivity index (χ4n) is 7.80. The number of ketones is 1. The van der Waals surface area contributed by atoms with Gasteiger partial charge in [-0.1, -0.05) is 58.6 Å². The molecule has 0 spiro atoms. The van der Waals surface area contributed by atoms with E-state index in [0.717, 1.165) is 38.0 Å². The first-order chi connectivity index (χ1) is 15.5. The van der Waals surface area contributed by atoms with Crippen LogP contribution in [-0.4, -0.2) is 28.6 Å². The second kappa shape index (κ2) is 10.6. The third-order valence-corrected chi connectivity index (χ3v) is 9.66. The normalized spacial score (nSPS) is 39.9. The fourth-order valence-corrected chi connectivity index (χ4v) is 7.80. The van der Waals surface area contributed by atoms with Crippen molar-refractivity contribution in [3.63, 3.8) is 0 Å². The zero-order valence-corrected chi connectivity index (χ0v) is 22.0. The van der Waals surface area contributed by atoms with Crippen LogP contribution >= 0.6 is 0 Å². The molecule has 7 atom stereocenters. The van der Waals surface area contributed by atoms with Gasteiger partial charge < -0.3 is 9.84 Å². The molecule has 4 nitrogen and oxygen atoms in total. The van der Waals surface area contributed by atoms with Crippen LogP contribution in [0.25, 0.3) is 0 Å². The Bertz CT molecular complexity index is 740. The van der Waals surface area contributed by atoms with Gasteiger partial charge in [-0.3, -0.25) is 9.59 Å². The monoisotopic (exact) mass is 460 g/mol. The average Bonchev–Trinajstić information content (AvgIpc) is 3.00. The molecule has 0 unspecified atom stereocenters. The summed E-state index contributed by atoms with van der Waals surface area (Å²) in [6.07, 6.45) is 11.8. The lowest BCUT2D eigenvalue weighted by molar-refractivity contribution is -0.162. The van der Waals surface area contributed by atoms with Gasteiger partial charge in [-0.15, -0.1) is 0 Å². The standard InChI is InChI=1S/C29H48O4/c1-19(2)8-7-9-21(4)26-15-17-29(32)27-13-11-23(31)18-24(33-22(5)30)12-10-20(3)25(27)14-16-28(26,29)6/h10,19,21,24-27,32H,7-9,11-18H2,1-6H3/b20-10+/t21-,24+,25-,26-,27-,28-,29-/m1/s1. The Morgan fingerprint density at radius 1 is 1.18 bits per heavy atom. The number of aliphatic hydroxyl groups is 1. The Hall–Kier alpha value is -1.16. The van der Waals surface area contributed by atoms with Gasteiger partial charge in [-0.2, -0.15) is 0 Å². The van der Waals surface area contributed by atoms with Gasteiger partial charge in [0, 0.05) is 26.2 Å². The van der Waals surface area contributed by atoms with E-state index in [-0.39, 0.29) is 35.6 Å². The predicted molar refractivity (Wildman–Crippen MR) is 133 cm³/mol. The van der Waals surface area contributed by atoms with Crippen molar-refractivity contribution in [1.82, 2.24) is 0 Å². The highest BCUT2D eigenvalue weighted by Gasteiger charge is 2.63. The SMILES string of the molecule is CC(=O)O[C@H]1C/C=C(\C)[C@H]2CC[C@]3(C)[C@@H]([C@H](C)CCCC(C)C)CC[C@@]3(O)[C@@H]2CCC(=O)C1. The molecule has 0 heterocycles. The van der Waals surface area contributed by atoms with E-state index in [1.54, 1.807) is 0 Å². The topological polar surface area (TPSA) is 63.6 Å². The molecule has 0 saturated heterocycles. The fraction of sp³-hybridized carbons (Fsp3) is 0.862. The molecule has 188 valence electrons. The third kappa shape index (κ3) is 5.57. The maximum Gasteiger partial charge on any atom is 0.302 e.